The zero-order valence-electron chi connectivity index (χ0n) is 10.3. The number of hydrogen-bond donors (Lipinski definition) is 1. The van der Waals surface area contributed by atoms with E-state index in [1.54, 1.807) is 0 Å². The first-order valence-corrected chi connectivity index (χ1v) is 5.82. The summed E-state index contributed by atoms with van der Waals surface area (Å²) in [6.45, 7) is 8.92. The zero-order chi connectivity index (χ0) is 12.4. The number of anilines is 1. The summed E-state index contributed by atoms with van der Waals surface area (Å²) in [6.07, 6.45) is 6.63. The van der Waals surface area contributed by atoms with E-state index < -0.39 is 0 Å². The Hall–Kier alpha value is -1.84. The third-order valence-corrected chi connectivity index (χ3v) is 3.10. The maximum atomic E-state index is 5.87. The van der Waals surface area contributed by atoms with Gasteiger partial charge in [-0.15, -0.1) is 6.58 Å². The minimum Gasteiger partial charge on any atom is -0.383 e. The number of allylic oxidation sites excluding steroid dienone is 1. The van der Waals surface area contributed by atoms with Crippen LogP contribution in [-0.4, -0.2) is 14.5 Å². The van der Waals surface area contributed by atoms with Gasteiger partial charge in [0.15, 0.2) is 0 Å². The van der Waals surface area contributed by atoms with Crippen LogP contribution in [0.1, 0.15) is 18.9 Å². The Labute approximate surface area is 101 Å². The second-order valence-corrected chi connectivity index (χ2v) is 4.46. The van der Waals surface area contributed by atoms with Gasteiger partial charge in [0.2, 0.25) is 0 Å². The molecule has 2 rings (SSSR count). The molecule has 17 heavy (non-hydrogen) atoms. The third-order valence-electron chi connectivity index (χ3n) is 3.10. The van der Waals surface area contributed by atoms with Gasteiger partial charge in [-0.1, -0.05) is 13.0 Å². The quantitative estimate of drug-likeness (QED) is 0.821. The Morgan fingerprint density at radius 2 is 2.29 bits per heavy atom. The number of nitrogen functional groups attached to an aromatic ring is 1. The topological polar surface area (TPSA) is 56.7 Å². The maximum Gasteiger partial charge on any atom is 0.145 e. The van der Waals surface area contributed by atoms with Crippen molar-refractivity contribution in [2.75, 3.05) is 5.73 Å². The number of nitrogens with zero attached hydrogens (tertiary/aromatic N) is 3. The smallest absolute Gasteiger partial charge is 0.145 e. The van der Waals surface area contributed by atoms with Crippen molar-refractivity contribution >= 4 is 16.9 Å². The predicted octanol–water partition coefficient (Wildman–Crippen LogP) is 2.53. The molecule has 1 atom stereocenters. The summed E-state index contributed by atoms with van der Waals surface area (Å²) < 4.78 is 2.14. The van der Waals surface area contributed by atoms with Crippen LogP contribution in [0.2, 0.25) is 0 Å². The van der Waals surface area contributed by atoms with Crippen molar-refractivity contribution < 1.29 is 0 Å². The van der Waals surface area contributed by atoms with E-state index in [-0.39, 0.29) is 0 Å². The molecule has 0 saturated heterocycles. The highest BCUT2D eigenvalue weighted by molar-refractivity contribution is 5.89. The summed E-state index contributed by atoms with van der Waals surface area (Å²) in [7, 11) is 0. The molecule has 2 aromatic rings. The lowest BCUT2D eigenvalue weighted by molar-refractivity contribution is 0.564. The van der Waals surface area contributed by atoms with Gasteiger partial charge in [-0.3, -0.25) is 0 Å². The van der Waals surface area contributed by atoms with Crippen molar-refractivity contribution in [1.29, 1.82) is 0 Å². The zero-order valence-corrected chi connectivity index (χ0v) is 10.3. The fraction of sp³-hybridized carbons (Fsp3) is 0.385. The SMILES string of the molecule is C=C[C@H](C)CCn1cc(C)c2c(N)ncnc21. The van der Waals surface area contributed by atoms with Crippen LogP contribution in [0.4, 0.5) is 5.82 Å². The summed E-state index contributed by atoms with van der Waals surface area (Å²) >= 11 is 0. The maximum absolute atomic E-state index is 5.87. The first-order valence-electron chi connectivity index (χ1n) is 5.82. The predicted molar refractivity (Wildman–Crippen MR) is 70.7 cm³/mol. The highest BCUT2D eigenvalue weighted by Gasteiger charge is 2.10. The van der Waals surface area contributed by atoms with Crippen molar-refractivity contribution in [2.24, 2.45) is 5.92 Å². The van der Waals surface area contributed by atoms with Gasteiger partial charge in [-0.05, 0) is 24.8 Å². The highest BCUT2D eigenvalue weighted by Crippen LogP contribution is 2.23. The van der Waals surface area contributed by atoms with Crippen LogP contribution in [0.3, 0.4) is 0 Å². The van der Waals surface area contributed by atoms with Crippen LogP contribution in [0.15, 0.2) is 25.2 Å². The van der Waals surface area contributed by atoms with Crippen molar-refractivity contribution in [2.45, 2.75) is 26.8 Å². The summed E-state index contributed by atoms with van der Waals surface area (Å²) in [5.41, 5.74) is 7.92. The monoisotopic (exact) mass is 230 g/mol. The molecule has 0 aromatic carbocycles. The van der Waals surface area contributed by atoms with Gasteiger partial charge in [-0.2, -0.15) is 0 Å². The lowest BCUT2D eigenvalue weighted by Gasteiger charge is -2.07. The fourth-order valence-corrected chi connectivity index (χ4v) is 1.98. The van der Waals surface area contributed by atoms with E-state index in [1.807, 2.05) is 13.0 Å². The van der Waals surface area contributed by atoms with Gasteiger partial charge >= 0.3 is 0 Å². The van der Waals surface area contributed by atoms with Gasteiger partial charge in [0, 0.05) is 12.7 Å². The number of aromatic nitrogens is 3. The molecule has 0 bridgehead atoms. The first-order chi connectivity index (χ1) is 8.13. The average molecular weight is 230 g/mol. The van der Waals surface area contributed by atoms with Crippen LogP contribution >= 0.6 is 0 Å². The molecule has 0 amide bonds. The molecule has 0 spiro atoms. The molecule has 4 nitrogen and oxygen atoms in total. The van der Waals surface area contributed by atoms with Gasteiger partial charge in [0.05, 0.1) is 5.39 Å². The number of fused-ring (bicyclic) bond motifs is 1. The van der Waals surface area contributed by atoms with E-state index in [4.69, 9.17) is 5.73 Å². The lowest BCUT2D eigenvalue weighted by Crippen LogP contribution is -2.02. The molecule has 2 N–H and O–H groups in total. The minimum atomic E-state index is 0.506. The molecule has 0 fully saturated rings. The van der Waals surface area contributed by atoms with E-state index in [9.17, 15) is 0 Å². The number of nitrogens with two attached hydrogens (primary N) is 1. The summed E-state index contributed by atoms with van der Waals surface area (Å²) in [5.74, 6) is 1.06. The summed E-state index contributed by atoms with van der Waals surface area (Å²) in [4.78, 5) is 8.34. The van der Waals surface area contributed by atoms with Crippen molar-refractivity contribution in [3.63, 3.8) is 0 Å². The second kappa shape index (κ2) is 4.57. The van der Waals surface area contributed by atoms with E-state index in [0.29, 0.717) is 11.7 Å². The Morgan fingerprint density at radius 1 is 1.53 bits per heavy atom. The third kappa shape index (κ3) is 2.16. The number of rotatable bonds is 4. The molecule has 0 aliphatic heterocycles. The summed E-state index contributed by atoms with van der Waals surface area (Å²) in [6, 6.07) is 0. The molecule has 0 saturated carbocycles. The highest BCUT2D eigenvalue weighted by atomic mass is 15.1. The average Bonchev–Trinajstić information content (AvgIpc) is 2.64. The molecule has 2 heterocycles. The van der Waals surface area contributed by atoms with Crippen LogP contribution in [0.5, 0.6) is 0 Å². The fourth-order valence-electron chi connectivity index (χ4n) is 1.98. The van der Waals surface area contributed by atoms with E-state index in [1.165, 1.54) is 6.33 Å². The summed E-state index contributed by atoms with van der Waals surface area (Å²) in [5, 5.41) is 0.971. The van der Waals surface area contributed by atoms with Crippen LogP contribution in [-0.2, 0) is 6.54 Å². The van der Waals surface area contributed by atoms with Gasteiger partial charge in [0.1, 0.15) is 17.8 Å². The van der Waals surface area contributed by atoms with Crippen molar-refractivity contribution in [3.8, 4) is 0 Å². The van der Waals surface area contributed by atoms with Gasteiger partial charge < -0.3 is 10.3 Å². The Balaban J connectivity index is 2.35. The number of aryl methyl sites for hydroxylation is 2. The minimum absolute atomic E-state index is 0.506. The molecule has 90 valence electrons. The molecule has 0 unspecified atom stereocenters. The lowest BCUT2D eigenvalue weighted by atomic mass is 10.1. The largest absolute Gasteiger partial charge is 0.383 e. The Bertz CT molecular complexity index is 542. The van der Waals surface area contributed by atoms with Crippen LogP contribution < -0.4 is 5.73 Å². The van der Waals surface area contributed by atoms with Gasteiger partial charge in [0.25, 0.3) is 0 Å². The molecular formula is C13H18N4. The standard InChI is InChI=1S/C13H18N4/c1-4-9(2)5-6-17-7-10(3)11-12(14)15-8-16-13(11)17/h4,7-9H,1,5-6H2,2-3H3,(H2,14,15,16)/t9-/m0/s1. The normalized spacial score (nSPS) is 12.8. The molecule has 4 heteroatoms. The van der Waals surface area contributed by atoms with Gasteiger partial charge in [-0.25, -0.2) is 9.97 Å². The molecular weight excluding hydrogens is 212 g/mol. The van der Waals surface area contributed by atoms with E-state index >= 15 is 0 Å². The Kier molecular flexibility index (Phi) is 3.13. The molecule has 0 aliphatic carbocycles. The number of hydrogen-bond acceptors (Lipinski definition) is 3. The Morgan fingerprint density at radius 3 is 3.00 bits per heavy atom. The van der Waals surface area contributed by atoms with Crippen molar-refractivity contribution in [3.05, 3.63) is 30.7 Å². The first kappa shape index (κ1) is 11.6. The van der Waals surface area contributed by atoms with E-state index in [2.05, 4.69) is 34.2 Å². The molecule has 2 aromatic heterocycles. The van der Waals surface area contributed by atoms with Crippen LogP contribution in [0.25, 0.3) is 11.0 Å². The second-order valence-electron chi connectivity index (χ2n) is 4.46. The van der Waals surface area contributed by atoms with E-state index in [0.717, 1.165) is 29.6 Å². The molecule has 0 aliphatic rings. The van der Waals surface area contributed by atoms with Crippen molar-refractivity contribution in [1.82, 2.24) is 14.5 Å². The molecule has 0 radical (unpaired) electrons. The van der Waals surface area contributed by atoms with Crippen LogP contribution in [0, 0.1) is 12.8 Å².